The van der Waals surface area contributed by atoms with Crippen molar-refractivity contribution >= 4 is 23.5 Å². The predicted molar refractivity (Wildman–Crippen MR) is 85.1 cm³/mol. The van der Waals surface area contributed by atoms with E-state index in [1.54, 1.807) is 30.0 Å². The summed E-state index contributed by atoms with van der Waals surface area (Å²) in [4.78, 5) is 14.3. The van der Waals surface area contributed by atoms with Gasteiger partial charge >= 0.3 is 0 Å². The van der Waals surface area contributed by atoms with Gasteiger partial charge < -0.3 is 14.6 Å². The highest BCUT2D eigenvalue weighted by molar-refractivity contribution is 7.99. The van der Waals surface area contributed by atoms with Gasteiger partial charge in [0.05, 0.1) is 6.26 Å². The Bertz CT molecular complexity index is 595. The third-order valence-corrected chi connectivity index (χ3v) is 4.38. The molecule has 0 saturated carbocycles. The molecule has 7 heteroatoms. The second-order valence-corrected chi connectivity index (χ2v) is 6.20. The number of thioether (sulfide) groups is 1. The zero-order valence-corrected chi connectivity index (χ0v) is 13.0. The van der Waals surface area contributed by atoms with Gasteiger partial charge in [0, 0.05) is 12.3 Å². The summed E-state index contributed by atoms with van der Waals surface area (Å²) in [7, 11) is 0. The van der Waals surface area contributed by atoms with Crippen molar-refractivity contribution in [1.82, 2.24) is 15.1 Å². The van der Waals surface area contributed by atoms with Crippen molar-refractivity contribution in [1.29, 1.82) is 0 Å². The summed E-state index contributed by atoms with van der Waals surface area (Å²) in [5.74, 6) is 1.36. The third-order valence-electron chi connectivity index (χ3n) is 3.48. The summed E-state index contributed by atoms with van der Waals surface area (Å²) in [6, 6.07) is 6.90. The molecule has 0 unspecified atom stereocenters. The molecule has 1 aliphatic rings. The lowest BCUT2D eigenvalue weighted by atomic mass is 10.4. The molecular formula is C15H18N4O2S. The molecule has 116 valence electrons. The number of likely N-dealkylation sites (tertiary alicyclic amines) is 1. The number of carbonyl (C=O) groups is 1. The molecule has 1 fully saturated rings. The molecule has 0 bridgehead atoms. The minimum Gasteiger partial charge on any atom is -0.459 e. The van der Waals surface area contributed by atoms with E-state index in [0.717, 1.165) is 17.3 Å². The van der Waals surface area contributed by atoms with Gasteiger partial charge in [-0.2, -0.15) is 0 Å². The average molecular weight is 318 g/mol. The Morgan fingerprint density at radius 1 is 1.27 bits per heavy atom. The number of rotatable bonds is 6. The van der Waals surface area contributed by atoms with Crippen LogP contribution in [0.3, 0.4) is 0 Å². The highest BCUT2D eigenvalue weighted by Gasteiger charge is 2.12. The van der Waals surface area contributed by atoms with E-state index in [9.17, 15) is 4.79 Å². The number of aromatic nitrogens is 2. The lowest BCUT2D eigenvalue weighted by molar-refractivity contribution is 0.0996. The molecule has 1 saturated heterocycles. The largest absolute Gasteiger partial charge is 0.459 e. The van der Waals surface area contributed by atoms with Crippen LogP contribution in [0.2, 0.25) is 0 Å². The summed E-state index contributed by atoms with van der Waals surface area (Å²) in [5.41, 5.74) is 0. The molecule has 22 heavy (non-hydrogen) atoms. The van der Waals surface area contributed by atoms with Gasteiger partial charge in [-0.05, 0) is 50.2 Å². The first kappa shape index (κ1) is 15.1. The van der Waals surface area contributed by atoms with Gasteiger partial charge in [-0.1, -0.05) is 0 Å². The van der Waals surface area contributed by atoms with Crippen LogP contribution in [0.25, 0.3) is 0 Å². The molecule has 1 aliphatic heterocycles. The molecule has 2 aromatic heterocycles. The van der Waals surface area contributed by atoms with Crippen LogP contribution >= 0.6 is 11.8 Å². The number of amides is 1. The van der Waals surface area contributed by atoms with Gasteiger partial charge in [0.15, 0.2) is 11.6 Å². The Kier molecular flexibility index (Phi) is 5.07. The van der Waals surface area contributed by atoms with Gasteiger partial charge in [-0.3, -0.25) is 4.79 Å². The molecule has 1 N–H and O–H groups in total. The lowest BCUT2D eigenvalue weighted by Gasteiger charge is -2.13. The van der Waals surface area contributed by atoms with Gasteiger partial charge in [-0.25, -0.2) is 0 Å². The molecule has 2 aromatic rings. The maximum atomic E-state index is 11.8. The van der Waals surface area contributed by atoms with Crippen LogP contribution in [0.5, 0.6) is 0 Å². The standard InChI is InChI=1S/C15H18N4O2S/c20-15(12-4-3-10-21-12)16-13-5-6-14(18-17-13)22-11-9-19-7-1-2-8-19/h3-6,10H,1-2,7-9,11H2,(H,16,17,20). The van der Waals surface area contributed by atoms with E-state index in [-0.39, 0.29) is 11.7 Å². The molecule has 0 aromatic carbocycles. The third kappa shape index (κ3) is 4.08. The lowest BCUT2D eigenvalue weighted by Crippen LogP contribution is -2.21. The SMILES string of the molecule is O=C(Nc1ccc(SCCN2CCCC2)nn1)c1ccco1. The topological polar surface area (TPSA) is 71.3 Å². The van der Waals surface area contributed by atoms with Crippen molar-refractivity contribution in [2.45, 2.75) is 17.9 Å². The predicted octanol–water partition coefficient (Wildman–Crippen LogP) is 2.51. The Labute approximate surface area is 133 Å². The molecule has 3 heterocycles. The Morgan fingerprint density at radius 3 is 2.82 bits per heavy atom. The number of anilines is 1. The number of carbonyl (C=O) groups excluding carboxylic acids is 1. The number of hydrogen-bond donors (Lipinski definition) is 1. The maximum absolute atomic E-state index is 11.8. The van der Waals surface area contributed by atoms with Crippen LogP contribution in [0.1, 0.15) is 23.4 Å². The van der Waals surface area contributed by atoms with Crippen LogP contribution in [-0.4, -0.2) is 46.4 Å². The Hall–Kier alpha value is -1.86. The second kappa shape index (κ2) is 7.42. The van der Waals surface area contributed by atoms with Crippen LogP contribution in [-0.2, 0) is 0 Å². The minimum atomic E-state index is -0.325. The molecule has 0 spiro atoms. The van der Waals surface area contributed by atoms with Crippen LogP contribution < -0.4 is 5.32 Å². The molecule has 1 amide bonds. The monoisotopic (exact) mass is 318 g/mol. The van der Waals surface area contributed by atoms with Gasteiger partial charge in [0.25, 0.3) is 5.91 Å². The summed E-state index contributed by atoms with van der Waals surface area (Å²) in [5, 5.41) is 11.7. The fourth-order valence-corrected chi connectivity index (χ4v) is 3.16. The summed E-state index contributed by atoms with van der Waals surface area (Å²) < 4.78 is 5.02. The highest BCUT2D eigenvalue weighted by atomic mass is 32.2. The van der Waals surface area contributed by atoms with Gasteiger partial charge in [0.2, 0.25) is 0 Å². The molecule has 0 aliphatic carbocycles. The number of hydrogen-bond acceptors (Lipinski definition) is 6. The van der Waals surface area contributed by atoms with Crippen molar-refractivity contribution < 1.29 is 9.21 Å². The van der Waals surface area contributed by atoms with Crippen LogP contribution in [0, 0.1) is 0 Å². The zero-order valence-electron chi connectivity index (χ0n) is 12.2. The van der Waals surface area contributed by atoms with E-state index in [1.165, 1.54) is 32.2 Å². The van der Waals surface area contributed by atoms with Crippen molar-refractivity contribution in [3.05, 3.63) is 36.3 Å². The molecule has 6 nitrogen and oxygen atoms in total. The quantitative estimate of drug-likeness (QED) is 0.825. The first-order valence-electron chi connectivity index (χ1n) is 7.35. The minimum absolute atomic E-state index is 0.255. The first-order valence-corrected chi connectivity index (χ1v) is 8.33. The van der Waals surface area contributed by atoms with E-state index >= 15 is 0 Å². The smallest absolute Gasteiger partial charge is 0.292 e. The van der Waals surface area contributed by atoms with Crippen LogP contribution in [0.15, 0.2) is 40.0 Å². The molecule has 0 radical (unpaired) electrons. The fourth-order valence-electron chi connectivity index (χ4n) is 2.33. The van der Waals surface area contributed by atoms with Crippen LogP contribution in [0.4, 0.5) is 5.82 Å². The van der Waals surface area contributed by atoms with E-state index in [2.05, 4.69) is 20.4 Å². The molecular weight excluding hydrogens is 300 g/mol. The van der Waals surface area contributed by atoms with E-state index in [0.29, 0.717) is 5.82 Å². The van der Waals surface area contributed by atoms with Crippen molar-refractivity contribution in [3.8, 4) is 0 Å². The Morgan fingerprint density at radius 2 is 2.14 bits per heavy atom. The van der Waals surface area contributed by atoms with E-state index in [4.69, 9.17) is 4.42 Å². The van der Waals surface area contributed by atoms with Gasteiger partial charge in [0.1, 0.15) is 5.03 Å². The maximum Gasteiger partial charge on any atom is 0.292 e. The second-order valence-electron chi connectivity index (χ2n) is 5.09. The van der Waals surface area contributed by atoms with Crippen molar-refractivity contribution in [3.63, 3.8) is 0 Å². The number of nitrogens with one attached hydrogen (secondary N) is 1. The summed E-state index contributed by atoms with van der Waals surface area (Å²) in [6.07, 6.45) is 4.09. The molecule has 3 rings (SSSR count). The summed E-state index contributed by atoms with van der Waals surface area (Å²) in [6.45, 7) is 3.51. The zero-order chi connectivity index (χ0) is 15.2. The van der Waals surface area contributed by atoms with E-state index in [1.807, 2.05) is 6.07 Å². The Balaban J connectivity index is 1.46. The summed E-state index contributed by atoms with van der Waals surface area (Å²) >= 11 is 1.69. The fraction of sp³-hybridized carbons (Fsp3) is 0.400. The van der Waals surface area contributed by atoms with Gasteiger partial charge in [-0.15, -0.1) is 22.0 Å². The first-order chi connectivity index (χ1) is 10.8. The number of furan rings is 1. The van der Waals surface area contributed by atoms with Crippen molar-refractivity contribution in [2.24, 2.45) is 0 Å². The average Bonchev–Trinajstić information content (AvgIpc) is 3.22. The van der Waals surface area contributed by atoms with Crippen molar-refractivity contribution in [2.75, 3.05) is 30.7 Å². The number of nitrogens with zero attached hydrogens (tertiary/aromatic N) is 3. The van der Waals surface area contributed by atoms with E-state index < -0.39 is 0 Å². The normalized spacial score (nSPS) is 15.1. The highest BCUT2D eigenvalue weighted by Crippen LogP contribution is 2.17. The molecule has 0 atom stereocenters.